The van der Waals surface area contributed by atoms with Crippen molar-refractivity contribution in [1.82, 2.24) is 0 Å². The average molecular weight is 344 g/mol. The van der Waals surface area contributed by atoms with Gasteiger partial charge in [-0.1, -0.05) is 38.1 Å². The molecule has 0 atom stereocenters. The molecule has 5 heteroatoms. The smallest absolute Gasteiger partial charge is 0.338 e. The van der Waals surface area contributed by atoms with Gasteiger partial charge >= 0.3 is 5.97 Å². The van der Waals surface area contributed by atoms with E-state index in [-0.39, 0.29) is 6.61 Å². The van der Waals surface area contributed by atoms with Crippen molar-refractivity contribution in [2.75, 3.05) is 21.3 Å². The molecule has 134 valence electrons. The van der Waals surface area contributed by atoms with E-state index in [1.54, 1.807) is 12.1 Å². The fraction of sp³-hybridized carbons (Fsp3) is 0.350. The fourth-order valence-corrected chi connectivity index (χ4v) is 2.43. The molecule has 2 rings (SSSR count). The van der Waals surface area contributed by atoms with Crippen molar-refractivity contribution in [3.63, 3.8) is 0 Å². The van der Waals surface area contributed by atoms with Gasteiger partial charge in [-0.3, -0.25) is 0 Å². The zero-order valence-electron chi connectivity index (χ0n) is 15.3. The summed E-state index contributed by atoms with van der Waals surface area (Å²) in [5, 5.41) is 0. The summed E-state index contributed by atoms with van der Waals surface area (Å²) >= 11 is 0. The molecule has 0 heterocycles. The maximum Gasteiger partial charge on any atom is 0.338 e. The zero-order chi connectivity index (χ0) is 18.4. The highest BCUT2D eigenvalue weighted by atomic mass is 16.5. The van der Waals surface area contributed by atoms with Crippen molar-refractivity contribution >= 4 is 5.97 Å². The number of carbonyl (C=O) groups excluding carboxylic acids is 1. The maximum atomic E-state index is 12.4. The van der Waals surface area contributed by atoms with E-state index in [9.17, 15) is 4.79 Å². The van der Waals surface area contributed by atoms with Crippen LogP contribution in [-0.2, 0) is 11.3 Å². The Morgan fingerprint density at radius 1 is 0.920 bits per heavy atom. The summed E-state index contributed by atoms with van der Waals surface area (Å²) in [6, 6.07) is 11.2. The van der Waals surface area contributed by atoms with Gasteiger partial charge < -0.3 is 18.9 Å². The number of hydrogen-bond donors (Lipinski definition) is 0. The van der Waals surface area contributed by atoms with Gasteiger partial charge in [0.1, 0.15) is 6.61 Å². The summed E-state index contributed by atoms with van der Waals surface area (Å²) in [5.74, 6) is 1.28. The molecule has 0 amide bonds. The third-order valence-corrected chi connectivity index (χ3v) is 3.92. The minimum absolute atomic E-state index is 0.202. The second kappa shape index (κ2) is 8.42. The van der Waals surface area contributed by atoms with Crippen LogP contribution < -0.4 is 14.2 Å². The summed E-state index contributed by atoms with van der Waals surface area (Å²) < 4.78 is 21.2. The van der Waals surface area contributed by atoms with Crippen molar-refractivity contribution in [3.8, 4) is 17.2 Å². The standard InChI is InChI=1S/C20H24O5/c1-13(2)15-8-6-14(7-9-15)12-25-20(21)16-10-17(22-3)19(24-5)18(11-16)23-4/h6-11,13H,12H2,1-5H3. The van der Waals surface area contributed by atoms with E-state index in [1.165, 1.54) is 26.9 Å². The first-order chi connectivity index (χ1) is 12.0. The highest BCUT2D eigenvalue weighted by molar-refractivity contribution is 5.91. The molecule has 0 radical (unpaired) electrons. The lowest BCUT2D eigenvalue weighted by molar-refractivity contribution is 0.0472. The Morgan fingerprint density at radius 2 is 1.48 bits per heavy atom. The Bertz CT molecular complexity index is 694. The first-order valence-electron chi connectivity index (χ1n) is 8.06. The van der Waals surface area contributed by atoms with E-state index in [1.807, 2.05) is 24.3 Å². The van der Waals surface area contributed by atoms with E-state index in [0.29, 0.717) is 28.7 Å². The van der Waals surface area contributed by atoms with Crippen LogP contribution >= 0.6 is 0 Å². The van der Waals surface area contributed by atoms with Gasteiger partial charge in [0.2, 0.25) is 5.75 Å². The van der Waals surface area contributed by atoms with Gasteiger partial charge in [0.05, 0.1) is 26.9 Å². The Labute approximate surface area is 148 Å². The largest absolute Gasteiger partial charge is 0.493 e. The molecule has 0 aromatic heterocycles. The van der Waals surface area contributed by atoms with Crippen LogP contribution in [0.5, 0.6) is 17.2 Å². The van der Waals surface area contributed by atoms with E-state index in [2.05, 4.69) is 13.8 Å². The molecule has 2 aromatic rings. The van der Waals surface area contributed by atoms with Crippen LogP contribution in [0.25, 0.3) is 0 Å². The number of methoxy groups -OCH3 is 3. The second-order valence-corrected chi connectivity index (χ2v) is 5.89. The van der Waals surface area contributed by atoms with Crippen LogP contribution in [0.3, 0.4) is 0 Å². The minimum Gasteiger partial charge on any atom is -0.493 e. The highest BCUT2D eigenvalue weighted by Crippen LogP contribution is 2.38. The molecule has 0 saturated heterocycles. The number of benzene rings is 2. The second-order valence-electron chi connectivity index (χ2n) is 5.89. The summed E-state index contributed by atoms with van der Waals surface area (Å²) in [6.07, 6.45) is 0. The van der Waals surface area contributed by atoms with E-state index < -0.39 is 5.97 Å². The molecule has 0 N–H and O–H groups in total. The normalized spacial score (nSPS) is 10.5. The number of hydrogen-bond acceptors (Lipinski definition) is 5. The van der Waals surface area contributed by atoms with Crippen molar-refractivity contribution < 1.29 is 23.7 Å². The highest BCUT2D eigenvalue weighted by Gasteiger charge is 2.18. The first kappa shape index (κ1) is 18.6. The van der Waals surface area contributed by atoms with Crippen molar-refractivity contribution in [3.05, 3.63) is 53.1 Å². The van der Waals surface area contributed by atoms with Gasteiger partial charge in [0.15, 0.2) is 11.5 Å². The Hall–Kier alpha value is -2.69. The molecule has 0 spiro atoms. The van der Waals surface area contributed by atoms with Crippen LogP contribution in [0.2, 0.25) is 0 Å². The van der Waals surface area contributed by atoms with E-state index in [0.717, 1.165) is 5.56 Å². The summed E-state index contributed by atoms with van der Waals surface area (Å²) in [7, 11) is 4.52. The predicted molar refractivity (Wildman–Crippen MR) is 95.7 cm³/mol. The van der Waals surface area contributed by atoms with Gasteiger partial charge in [0.25, 0.3) is 0 Å². The minimum atomic E-state index is -0.452. The molecule has 0 aliphatic carbocycles. The molecule has 2 aromatic carbocycles. The van der Waals surface area contributed by atoms with Crippen LogP contribution in [0.15, 0.2) is 36.4 Å². The number of esters is 1. The average Bonchev–Trinajstić information content (AvgIpc) is 2.64. The number of rotatable bonds is 7. The lowest BCUT2D eigenvalue weighted by atomic mass is 10.0. The maximum absolute atomic E-state index is 12.4. The molecule has 5 nitrogen and oxygen atoms in total. The summed E-state index contributed by atoms with van der Waals surface area (Å²) in [4.78, 5) is 12.4. The monoisotopic (exact) mass is 344 g/mol. The molecule has 0 fully saturated rings. The third kappa shape index (κ3) is 4.44. The fourth-order valence-electron chi connectivity index (χ4n) is 2.43. The van der Waals surface area contributed by atoms with Gasteiger partial charge in [0, 0.05) is 0 Å². The Morgan fingerprint density at radius 3 is 1.92 bits per heavy atom. The SMILES string of the molecule is COc1cc(C(=O)OCc2ccc(C(C)C)cc2)cc(OC)c1OC. The zero-order valence-corrected chi connectivity index (χ0v) is 15.3. The van der Waals surface area contributed by atoms with Gasteiger partial charge in [-0.15, -0.1) is 0 Å². The Kier molecular flexibility index (Phi) is 6.28. The van der Waals surface area contributed by atoms with Crippen molar-refractivity contribution in [1.29, 1.82) is 0 Å². The molecule has 0 aliphatic rings. The number of carbonyl (C=O) groups is 1. The summed E-state index contributed by atoms with van der Waals surface area (Å²) in [6.45, 7) is 4.48. The quantitative estimate of drug-likeness (QED) is 0.705. The number of ether oxygens (including phenoxy) is 4. The van der Waals surface area contributed by atoms with Crippen LogP contribution in [0.1, 0.15) is 41.3 Å². The molecule has 0 unspecified atom stereocenters. The molecule has 0 bridgehead atoms. The molecular weight excluding hydrogens is 320 g/mol. The van der Waals surface area contributed by atoms with Crippen LogP contribution in [0.4, 0.5) is 0 Å². The lowest BCUT2D eigenvalue weighted by Gasteiger charge is -2.14. The van der Waals surface area contributed by atoms with Crippen molar-refractivity contribution in [2.24, 2.45) is 0 Å². The van der Waals surface area contributed by atoms with E-state index >= 15 is 0 Å². The van der Waals surface area contributed by atoms with Crippen molar-refractivity contribution in [2.45, 2.75) is 26.4 Å². The first-order valence-corrected chi connectivity index (χ1v) is 8.06. The van der Waals surface area contributed by atoms with Gasteiger partial charge in [-0.05, 0) is 29.2 Å². The summed E-state index contributed by atoms with van der Waals surface area (Å²) in [5.41, 5.74) is 2.53. The molecule has 0 aliphatic heterocycles. The Balaban J connectivity index is 2.12. The lowest BCUT2D eigenvalue weighted by Crippen LogP contribution is -2.07. The van der Waals surface area contributed by atoms with Gasteiger partial charge in [-0.25, -0.2) is 4.79 Å². The van der Waals surface area contributed by atoms with E-state index in [4.69, 9.17) is 18.9 Å². The molecule has 0 saturated carbocycles. The molecule has 25 heavy (non-hydrogen) atoms. The predicted octanol–water partition coefficient (Wildman–Crippen LogP) is 4.19. The van der Waals surface area contributed by atoms with Gasteiger partial charge in [-0.2, -0.15) is 0 Å². The molecular formula is C20H24O5. The third-order valence-electron chi connectivity index (χ3n) is 3.92. The van der Waals surface area contributed by atoms with Crippen LogP contribution in [-0.4, -0.2) is 27.3 Å². The van der Waals surface area contributed by atoms with Crippen LogP contribution in [0, 0.1) is 0 Å². The topological polar surface area (TPSA) is 54.0 Å².